The lowest BCUT2D eigenvalue weighted by molar-refractivity contribution is -0.116. The normalized spacial score (nSPS) is 13.4. The van der Waals surface area contributed by atoms with Crippen LogP contribution < -0.4 is 10.1 Å². The van der Waals surface area contributed by atoms with Crippen LogP contribution in [0.15, 0.2) is 78.9 Å². The van der Waals surface area contributed by atoms with Gasteiger partial charge in [0, 0.05) is 18.7 Å². The summed E-state index contributed by atoms with van der Waals surface area (Å²) in [5.41, 5.74) is 3.15. The minimum atomic E-state index is -0.180. The number of hydrogen-bond donors (Lipinski definition) is 1. The second kappa shape index (κ2) is 10.6. The van der Waals surface area contributed by atoms with Gasteiger partial charge in [0.05, 0.1) is 24.3 Å². The number of piperidine rings is 1. The first-order valence-corrected chi connectivity index (χ1v) is 11.2. The summed E-state index contributed by atoms with van der Waals surface area (Å²) in [7, 11) is 0. The van der Waals surface area contributed by atoms with E-state index in [0.717, 1.165) is 49.2 Å². The van der Waals surface area contributed by atoms with E-state index in [2.05, 4.69) is 5.32 Å². The van der Waals surface area contributed by atoms with Gasteiger partial charge < -0.3 is 15.0 Å². The average Bonchev–Trinajstić information content (AvgIpc) is 2.85. The Balaban J connectivity index is 1.36. The van der Waals surface area contributed by atoms with E-state index in [1.807, 2.05) is 71.6 Å². The number of nitrogens with zero attached hydrogens (tertiary/aromatic N) is 1. The van der Waals surface area contributed by atoms with Gasteiger partial charge in [0.15, 0.2) is 0 Å². The van der Waals surface area contributed by atoms with Crippen molar-refractivity contribution >= 4 is 17.5 Å². The lowest BCUT2D eigenvalue weighted by Crippen LogP contribution is -2.36. The maximum Gasteiger partial charge on any atom is 0.255 e. The fourth-order valence-electron chi connectivity index (χ4n) is 3.96. The third-order valence-electron chi connectivity index (χ3n) is 5.63. The average molecular weight is 429 g/mol. The van der Waals surface area contributed by atoms with Crippen molar-refractivity contribution < 1.29 is 14.3 Å². The van der Waals surface area contributed by atoms with Crippen molar-refractivity contribution in [3.63, 3.8) is 0 Å². The van der Waals surface area contributed by atoms with Crippen LogP contribution in [0.3, 0.4) is 0 Å². The van der Waals surface area contributed by atoms with Crippen molar-refractivity contribution in [1.82, 2.24) is 4.90 Å². The Bertz CT molecular complexity index is 1060. The van der Waals surface area contributed by atoms with Crippen molar-refractivity contribution in [2.24, 2.45) is 0 Å². The molecule has 0 unspecified atom stereocenters. The number of carbonyl (C=O) groups excluding carboxylic acids is 2. The molecule has 0 aliphatic carbocycles. The molecule has 1 N–H and O–H groups in total. The molecule has 0 spiro atoms. The van der Waals surface area contributed by atoms with E-state index < -0.39 is 0 Å². The first-order valence-electron chi connectivity index (χ1n) is 11.2. The van der Waals surface area contributed by atoms with Crippen LogP contribution in [-0.4, -0.2) is 36.4 Å². The topological polar surface area (TPSA) is 58.6 Å². The van der Waals surface area contributed by atoms with Crippen LogP contribution in [0, 0.1) is 0 Å². The van der Waals surface area contributed by atoms with E-state index in [4.69, 9.17) is 4.74 Å². The first kappa shape index (κ1) is 21.6. The van der Waals surface area contributed by atoms with Gasteiger partial charge in [-0.3, -0.25) is 9.59 Å². The molecular weight excluding hydrogens is 400 g/mol. The standard InChI is InChI=1S/C27H28N2O3/c30-26(17-20-32-25-16-8-6-13-22(25)21-11-3-1-4-12-21)28-24-15-7-5-14-23(24)27(31)29-18-9-2-10-19-29/h1,3-8,11-16H,2,9-10,17-20H2,(H,28,30). The number of ether oxygens (including phenoxy) is 1. The van der Waals surface area contributed by atoms with Crippen LogP contribution in [-0.2, 0) is 4.79 Å². The highest BCUT2D eigenvalue weighted by atomic mass is 16.5. The molecule has 32 heavy (non-hydrogen) atoms. The molecule has 0 radical (unpaired) electrons. The summed E-state index contributed by atoms with van der Waals surface area (Å²) in [6.45, 7) is 1.80. The van der Waals surface area contributed by atoms with Crippen LogP contribution in [0.1, 0.15) is 36.0 Å². The Morgan fingerprint density at radius 3 is 2.31 bits per heavy atom. The second-order valence-electron chi connectivity index (χ2n) is 7.91. The van der Waals surface area contributed by atoms with Crippen molar-refractivity contribution in [3.05, 3.63) is 84.4 Å². The summed E-state index contributed by atoms with van der Waals surface area (Å²) >= 11 is 0. The number of para-hydroxylation sites is 2. The van der Waals surface area contributed by atoms with E-state index in [-0.39, 0.29) is 24.8 Å². The minimum absolute atomic E-state index is 0.0198. The number of carbonyl (C=O) groups is 2. The van der Waals surface area contributed by atoms with Crippen LogP contribution in [0.5, 0.6) is 5.75 Å². The predicted molar refractivity (Wildman–Crippen MR) is 127 cm³/mol. The molecule has 1 aliphatic rings. The lowest BCUT2D eigenvalue weighted by Gasteiger charge is -2.27. The van der Waals surface area contributed by atoms with Gasteiger partial charge in [-0.2, -0.15) is 0 Å². The largest absolute Gasteiger partial charge is 0.492 e. The summed E-state index contributed by atoms with van der Waals surface area (Å²) in [5.74, 6) is 0.543. The number of amides is 2. The highest BCUT2D eigenvalue weighted by Crippen LogP contribution is 2.29. The number of nitrogens with one attached hydrogen (secondary N) is 1. The minimum Gasteiger partial charge on any atom is -0.492 e. The van der Waals surface area contributed by atoms with Gasteiger partial charge >= 0.3 is 0 Å². The lowest BCUT2D eigenvalue weighted by atomic mass is 10.1. The highest BCUT2D eigenvalue weighted by molar-refractivity contribution is 6.03. The molecule has 4 rings (SSSR count). The summed E-state index contributed by atoms with van der Waals surface area (Å²) in [6.07, 6.45) is 3.41. The van der Waals surface area contributed by atoms with E-state index in [1.165, 1.54) is 0 Å². The van der Waals surface area contributed by atoms with Crippen LogP contribution in [0.25, 0.3) is 11.1 Å². The van der Waals surface area contributed by atoms with Crippen molar-refractivity contribution in [2.45, 2.75) is 25.7 Å². The summed E-state index contributed by atoms with van der Waals surface area (Å²) < 4.78 is 5.94. The van der Waals surface area contributed by atoms with Gasteiger partial charge in [-0.25, -0.2) is 0 Å². The molecule has 0 atom stereocenters. The van der Waals surface area contributed by atoms with Gasteiger partial charge in [-0.1, -0.05) is 60.7 Å². The fraction of sp³-hybridized carbons (Fsp3) is 0.259. The van der Waals surface area contributed by atoms with Crippen LogP contribution in [0.4, 0.5) is 5.69 Å². The Labute approximate surface area is 189 Å². The van der Waals surface area contributed by atoms with Gasteiger partial charge in [0.2, 0.25) is 5.91 Å². The van der Waals surface area contributed by atoms with E-state index in [9.17, 15) is 9.59 Å². The van der Waals surface area contributed by atoms with Crippen molar-refractivity contribution in [2.75, 3.05) is 25.0 Å². The zero-order valence-electron chi connectivity index (χ0n) is 18.1. The van der Waals surface area contributed by atoms with Crippen LogP contribution >= 0.6 is 0 Å². The van der Waals surface area contributed by atoms with Gasteiger partial charge in [-0.15, -0.1) is 0 Å². The molecule has 5 heteroatoms. The Kier molecular flexibility index (Phi) is 7.18. The molecule has 2 amide bonds. The number of hydrogen-bond acceptors (Lipinski definition) is 3. The van der Waals surface area contributed by atoms with E-state index in [0.29, 0.717) is 11.3 Å². The van der Waals surface area contributed by atoms with E-state index >= 15 is 0 Å². The zero-order chi connectivity index (χ0) is 22.2. The Hall–Kier alpha value is -3.60. The number of rotatable bonds is 7. The first-order chi connectivity index (χ1) is 15.7. The van der Waals surface area contributed by atoms with Gasteiger partial charge in [0.25, 0.3) is 5.91 Å². The molecule has 1 aliphatic heterocycles. The molecule has 0 aromatic heterocycles. The second-order valence-corrected chi connectivity index (χ2v) is 7.91. The molecular formula is C27H28N2O3. The molecule has 0 saturated carbocycles. The molecule has 0 bridgehead atoms. The van der Waals surface area contributed by atoms with Gasteiger partial charge in [-0.05, 0) is 43.0 Å². The molecule has 1 saturated heterocycles. The monoisotopic (exact) mass is 428 g/mol. The molecule has 3 aromatic rings. The fourth-order valence-corrected chi connectivity index (χ4v) is 3.96. The maximum atomic E-state index is 12.9. The molecule has 1 heterocycles. The van der Waals surface area contributed by atoms with Crippen molar-refractivity contribution in [3.8, 4) is 16.9 Å². The predicted octanol–water partition coefficient (Wildman–Crippen LogP) is 5.39. The third kappa shape index (κ3) is 5.35. The summed E-state index contributed by atoms with van der Waals surface area (Å²) in [4.78, 5) is 27.4. The number of benzene rings is 3. The summed E-state index contributed by atoms with van der Waals surface area (Å²) in [5, 5.41) is 2.90. The molecule has 5 nitrogen and oxygen atoms in total. The van der Waals surface area contributed by atoms with Crippen LogP contribution in [0.2, 0.25) is 0 Å². The summed E-state index contributed by atoms with van der Waals surface area (Å²) in [6, 6.07) is 25.0. The highest BCUT2D eigenvalue weighted by Gasteiger charge is 2.21. The molecule has 164 valence electrons. The molecule has 3 aromatic carbocycles. The SMILES string of the molecule is O=C(CCOc1ccccc1-c1ccccc1)Nc1ccccc1C(=O)N1CCCCC1. The smallest absolute Gasteiger partial charge is 0.255 e. The maximum absolute atomic E-state index is 12.9. The van der Waals surface area contributed by atoms with E-state index in [1.54, 1.807) is 12.1 Å². The van der Waals surface area contributed by atoms with Gasteiger partial charge in [0.1, 0.15) is 5.75 Å². The number of anilines is 1. The molecule has 1 fully saturated rings. The van der Waals surface area contributed by atoms with Crippen molar-refractivity contribution in [1.29, 1.82) is 0 Å². The Morgan fingerprint density at radius 1 is 0.812 bits per heavy atom. The third-order valence-corrected chi connectivity index (χ3v) is 5.63. The Morgan fingerprint density at radius 2 is 1.50 bits per heavy atom. The zero-order valence-corrected chi connectivity index (χ0v) is 18.1. The quantitative estimate of drug-likeness (QED) is 0.549. The number of likely N-dealkylation sites (tertiary alicyclic amines) is 1.